The highest BCUT2D eigenvalue weighted by molar-refractivity contribution is 6.02. The van der Waals surface area contributed by atoms with Gasteiger partial charge in [-0.05, 0) is 24.6 Å². The molecule has 9 heteroatoms. The second-order valence-corrected chi connectivity index (χ2v) is 5.69. The average molecular weight is 368 g/mol. The molecule has 3 rings (SSSR count). The maximum atomic E-state index is 13.6. The van der Waals surface area contributed by atoms with Crippen LogP contribution >= 0.6 is 0 Å². The van der Waals surface area contributed by atoms with Crippen LogP contribution in [0.2, 0.25) is 0 Å². The Hall–Kier alpha value is -3.10. The quantitative estimate of drug-likeness (QED) is 0.645. The monoisotopic (exact) mass is 368 g/mol. The largest absolute Gasteiger partial charge is 0.478 e. The molecule has 1 heterocycles. The minimum Gasteiger partial charge on any atom is -0.478 e. The molecule has 0 bridgehead atoms. The lowest BCUT2D eigenvalue weighted by molar-refractivity contribution is -0.128. The van der Waals surface area contributed by atoms with Crippen LogP contribution in [0.1, 0.15) is 12.0 Å². The Labute approximate surface area is 145 Å². The molecule has 0 unspecified atom stereocenters. The summed E-state index contributed by atoms with van der Waals surface area (Å²) in [5, 5.41) is 4.28. The van der Waals surface area contributed by atoms with Crippen LogP contribution < -0.4 is 15.4 Å². The Morgan fingerprint density at radius 2 is 1.81 bits per heavy atom. The van der Waals surface area contributed by atoms with Crippen molar-refractivity contribution in [2.24, 2.45) is 0 Å². The van der Waals surface area contributed by atoms with E-state index in [4.69, 9.17) is 4.74 Å². The molecule has 2 aromatic rings. The second kappa shape index (κ2) is 6.66. The fraction of sp³-hybridized carbons (Fsp3) is 0.176. The number of amides is 2. The molecular weight excluding hydrogens is 356 g/mol. The Bertz CT molecular complexity index is 891. The number of hydrogen-bond acceptors (Lipinski definition) is 3. The molecule has 26 heavy (non-hydrogen) atoms. The van der Waals surface area contributed by atoms with Gasteiger partial charge in [0, 0.05) is 6.07 Å². The minimum atomic E-state index is -1.74. The maximum absolute atomic E-state index is 13.6. The molecule has 1 atom stereocenters. The topological polar surface area (TPSA) is 67.4 Å². The van der Waals surface area contributed by atoms with Crippen LogP contribution in [0.25, 0.3) is 0 Å². The van der Waals surface area contributed by atoms with Crippen LogP contribution in [0.4, 0.5) is 28.9 Å². The highest BCUT2D eigenvalue weighted by Crippen LogP contribution is 2.31. The predicted molar refractivity (Wildman–Crippen MR) is 83.7 cm³/mol. The van der Waals surface area contributed by atoms with Gasteiger partial charge in [0.1, 0.15) is 11.4 Å². The van der Waals surface area contributed by atoms with Gasteiger partial charge in [-0.25, -0.2) is 17.6 Å². The van der Waals surface area contributed by atoms with E-state index in [-0.39, 0.29) is 6.07 Å². The van der Waals surface area contributed by atoms with Crippen LogP contribution in [0, 0.1) is 30.2 Å². The predicted octanol–water partition coefficient (Wildman–Crippen LogP) is 3.28. The summed E-state index contributed by atoms with van der Waals surface area (Å²) in [5.41, 5.74) is 0.0404. The summed E-state index contributed by atoms with van der Waals surface area (Å²) in [5.74, 6) is -8.17. The summed E-state index contributed by atoms with van der Waals surface area (Å²) in [6.45, 7) is 1.81. The van der Waals surface area contributed by atoms with Crippen LogP contribution in [0.3, 0.4) is 0 Å². The number of halogens is 4. The average Bonchev–Trinajstić information content (AvgIpc) is 2.58. The molecule has 0 aliphatic carbocycles. The van der Waals surface area contributed by atoms with E-state index in [1.807, 2.05) is 6.92 Å². The van der Waals surface area contributed by atoms with Gasteiger partial charge >= 0.3 is 0 Å². The van der Waals surface area contributed by atoms with E-state index < -0.39 is 53.3 Å². The van der Waals surface area contributed by atoms with Crippen LogP contribution in [-0.2, 0) is 9.59 Å². The Morgan fingerprint density at radius 3 is 2.46 bits per heavy atom. The number of nitrogens with one attached hydrogen (secondary N) is 2. The van der Waals surface area contributed by atoms with E-state index in [1.54, 1.807) is 23.5 Å². The van der Waals surface area contributed by atoms with Gasteiger partial charge < -0.3 is 15.4 Å². The van der Waals surface area contributed by atoms with Crippen LogP contribution in [0.5, 0.6) is 5.75 Å². The van der Waals surface area contributed by atoms with Crippen molar-refractivity contribution in [3.8, 4) is 5.75 Å². The number of carbonyl (C=O) groups excluding carboxylic acids is 2. The van der Waals surface area contributed by atoms with Gasteiger partial charge in [0.05, 0.1) is 12.1 Å². The standard InChI is InChI=1S/C17H12F4N2O3/c1-7-2-3-11-10(4-7)22-17(25)12(26-11)6-13(24)23-16-14(20)8(18)5-9(19)15(16)21/h2-5,12H,6H2,1H3,(H,22,25)(H,23,24)/t12-/m1/s1. The highest BCUT2D eigenvalue weighted by atomic mass is 19.2. The van der Waals surface area contributed by atoms with E-state index in [0.29, 0.717) is 11.4 Å². The zero-order chi connectivity index (χ0) is 19.0. The Balaban J connectivity index is 1.75. The molecule has 136 valence electrons. The second-order valence-electron chi connectivity index (χ2n) is 5.69. The third-order valence-electron chi connectivity index (χ3n) is 3.70. The first-order valence-corrected chi connectivity index (χ1v) is 7.47. The summed E-state index contributed by atoms with van der Waals surface area (Å²) < 4.78 is 58.9. The third kappa shape index (κ3) is 3.32. The van der Waals surface area contributed by atoms with Crippen molar-refractivity contribution >= 4 is 23.2 Å². The number of hydrogen-bond donors (Lipinski definition) is 2. The van der Waals surface area contributed by atoms with Gasteiger partial charge in [0.2, 0.25) is 5.91 Å². The summed E-state index contributed by atoms with van der Waals surface area (Å²) in [7, 11) is 0. The molecule has 2 aromatic carbocycles. The number of anilines is 2. The number of ether oxygens (including phenoxy) is 1. The number of carbonyl (C=O) groups is 2. The lowest BCUT2D eigenvalue weighted by Crippen LogP contribution is -2.39. The van der Waals surface area contributed by atoms with Gasteiger partial charge in [-0.3, -0.25) is 9.59 Å². The first kappa shape index (κ1) is 17.7. The molecule has 0 fully saturated rings. The Morgan fingerprint density at radius 1 is 1.15 bits per heavy atom. The molecule has 0 aromatic heterocycles. The van der Waals surface area contributed by atoms with Gasteiger partial charge in [0.25, 0.3) is 5.91 Å². The molecule has 1 aliphatic rings. The summed E-state index contributed by atoms with van der Waals surface area (Å²) in [6, 6.07) is 5.02. The number of fused-ring (bicyclic) bond motifs is 1. The zero-order valence-corrected chi connectivity index (χ0v) is 13.3. The van der Waals surface area contributed by atoms with E-state index in [1.165, 1.54) is 0 Å². The highest BCUT2D eigenvalue weighted by Gasteiger charge is 2.31. The van der Waals surface area contributed by atoms with Crippen molar-refractivity contribution in [2.45, 2.75) is 19.4 Å². The molecule has 0 saturated heterocycles. The van der Waals surface area contributed by atoms with Crippen LogP contribution in [-0.4, -0.2) is 17.9 Å². The zero-order valence-electron chi connectivity index (χ0n) is 13.3. The summed E-state index contributed by atoms with van der Waals surface area (Å²) >= 11 is 0. The van der Waals surface area contributed by atoms with Crippen LogP contribution in [0.15, 0.2) is 24.3 Å². The van der Waals surface area contributed by atoms with E-state index in [9.17, 15) is 27.2 Å². The van der Waals surface area contributed by atoms with Gasteiger partial charge in [0.15, 0.2) is 29.4 Å². The first-order valence-electron chi connectivity index (χ1n) is 7.47. The minimum absolute atomic E-state index is 0.0247. The van der Waals surface area contributed by atoms with Crippen molar-refractivity contribution < 1.29 is 31.9 Å². The van der Waals surface area contributed by atoms with Crippen molar-refractivity contribution in [3.63, 3.8) is 0 Å². The molecule has 0 spiro atoms. The molecular formula is C17H12F4N2O3. The van der Waals surface area contributed by atoms with E-state index >= 15 is 0 Å². The van der Waals surface area contributed by atoms with Crippen molar-refractivity contribution in [1.29, 1.82) is 0 Å². The molecule has 5 nitrogen and oxygen atoms in total. The van der Waals surface area contributed by atoms with E-state index in [0.717, 1.165) is 5.56 Å². The fourth-order valence-corrected chi connectivity index (χ4v) is 2.44. The van der Waals surface area contributed by atoms with Crippen molar-refractivity contribution in [3.05, 3.63) is 53.1 Å². The van der Waals surface area contributed by atoms with Crippen molar-refractivity contribution in [2.75, 3.05) is 10.6 Å². The van der Waals surface area contributed by atoms with Crippen molar-refractivity contribution in [1.82, 2.24) is 0 Å². The lowest BCUT2D eigenvalue weighted by Gasteiger charge is -2.25. The normalized spacial score (nSPS) is 15.7. The molecule has 0 radical (unpaired) electrons. The first-order chi connectivity index (χ1) is 12.3. The molecule has 2 amide bonds. The number of aryl methyl sites for hydroxylation is 1. The maximum Gasteiger partial charge on any atom is 0.266 e. The Kier molecular flexibility index (Phi) is 4.54. The summed E-state index contributed by atoms with van der Waals surface area (Å²) in [4.78, 5) is 24.0. The number of rotatable bonds is 3. The smallest absolute Gasteiger partial charge is 0.266 e. The summed E-state index contributed by atoms with van der Waals surface area (Å²) in [6.07, 6.45) is -1.88. The lowest BCUT2D eigenvalue weighted by atomic mass is 10.1. The van der Waals surface area contributed by atoms with Gasteiger partial charge in [-0.15, -0.1) is 0 Å². The SMILES string of the molecule is Cc1ccc2c(c1)NC(=O)[C@@H](CC(=O)Nc1c(F)c(F)cc(F)c1F)O2. The molecule has 1 aliphatic heterocycles. The molecule has 2 N–H and O–H groups in total. The van der Waals surface area contributed by atoms with Gasteiger partial charge in [-0.1, -0.05) is 6.07 Å². The van der Waals surface area contributed by atoms with E-state index in [2.05, 4.69) is 5.32 Å². The number of benzene rings is 2. The van der Waals surface area contributed by atoms with Gasteiger partial charge in [-0.2, -0.15) is 0 Å². The fourth-order valence-electron chi connectivity index (χ4n) is 2.44. The molecule has 0 saturated carbocycles. The third-order valence-corrected chi connectivity index (χ3v) is 3.70.